The number of oxazole rings is 1. The zero-order valence-electron chi connectivity index (χ0n) is 21.7. The van der Waals surface area contributed by atoms with Crippen molar-refractivity contribution in [3.8, 4) is 11.3 Å². The molecule has 208 valence electrons. The number of anilines is 2. The highest BCUT2D eigenvalue weighted by Gasteiger charge is 2.37. The van der Waals surface area contributed by atoms with Crippen molar-refractivity contribution in [3.05, 3.63) is 60.0 Å². The van der Waals surface area contributed by atoms with E-state index >= 15 is 0 Å². The monoisotopic (exact) mass is 543 g/mol. The number of piperidine rings is 1. The van der Waals surface area contributed by atoms with Crippen LogP contribution in [0.4, 0.5) is 24.9 Å². The van der Waals surface area contributed by atoms with Crippen LogP contribution in [0.2, 0.25) is 0 Å². The molecular formula is C28H32F3N5O3. The fourth-order valence-corrected chi connectivity index (χ4v) is 5.61. The van der Waals surface area contributed by atoms with Crippen LogP contribution in [-0.4, -0.2) is 54.3 Å². The van der Waals surface area contributed by atoms with Gasteiger partial charge in [-0.25, -0.2) is 14.8 Å². The molecule has 3 atom stereocenters. The molecule has 3 heterocycles. The van der Waals surface area contributed by atoms with Crippen molar-refractivity contribution in [2.24, 2.45) is 0 Å². The molecule has 1 saturated carbocycles. The zero-order chi connectivity index (χ0) is 27.4. The van der Waals surface area contributed by atoms with Gasteiger partial charge in [-0.15, -0.1) is 0 Å². The fraction of sp³-hybridized carbons (Fsp3) is 0.464. The van der Waals surface area contributed by atoms with Crippen molar-refractivity contribution in [1.82, 2.24) is 15.3 Å². The molecule has 2 aliphatic rings. The first-order chi connectivity index (χ1) is 18.8. The van der Waals surface area contributed by atoms with Crippen molar-refractivity contribution in [2.75, 3.05) is 30.4 Å². The van der Waals surface area contributed by atoms with Crippen molar-refractivity contribution >= 4 is 17.7 Å². The summed E-state index contributed by atoms with van der Waals surface area (Å²) < 4.78 is 50.4. The molecule has 5 rings (SSSR count). The first kappa shape index (κ1) is 27.0. The number of ether oxygens (including phenoxy) is 1. The number of carbonyl (C=O) groups is 1. The van der Waals surface area contributed by atoms with Crippen molar-refractivity contribution in [3.63, 3.8) is 0 Å². The molecule has 2 fully saturated rings. The van der Waals surface area contributed by atoms with E-state index in [0.29, 0.717) is 28.6 Å². The van der Waals surface area contributed by atoms with E-state index in [-0.39, 0.29) is 18.1 Å². The molecule has 1 saturated heterocycles. The van der Waals surface area contributed by atoms with E-state index in [9.17, 15) is 18.0 Å². The smallest absolute Gasteiger partial charge is 0.433 e. The van der Waals surface area contributed by atoms with Gasteiger partial charge in [-0.05, 0) is 56.5 Å². The van der Waals surface area contributed by atoms with E-state index < -0.39 is 17.8 Å². The minimum atomic E-state index is -4.48. The molecular weight excluding hydrogens is 511 g/mol. The molecule has 0 amide bonds. The molecule has 1 aliphatic carbocycles. The van der Waals surface area contributed by atoms with Gasteiger partial charge >= 0.3 is 12.1 Å². The van der Waals surface area contributed by atoms with Gasteiger partial charge in [0, 0.05) is 24.2 Å². The van der Waals surface area contributed by atoms with Gasteiger partial charge in [-0.2, -0.15) is 13.2 Å². The van der Waals surface area contributed by atoms with Crippen molar-refractivity contribution in [1.29, 1.82) is 0 Å². The third kappa shape index (κ3) is 6.19. The third-order valence-corrected chi connectivity index (χ3v) is 7.47. The molecule has 0 bridgehead atoms. The van der Waals surface area contributed by atoms with Crippen LogP contribution in [0.5, 0.6) is 0 Å². The quantitative estimate of drug-likeness (QED) is 0.376. The molecule has 39 heavy (non-hydrogen) atoms. The lowest BCUT2D eigenvalue weighted by Crippen LogP contribution is -2.57. The number of carbonyl (C=O) groups excluding carboxylic acids is 1. The second kappa shape index (κ2) is 11.6. The Labute approximate surface area is 225 Å². The number of hydrogen-bond donors (Lipinski definition) is 2. The van der Waals surface area contributed by atoms with E-state index in [2.05, 4.69) is 25.5 Å². The number of pyridine rings is 1. The van der Waals surface area contributed by atoms with Gasteiger partial charge in [-0.3, -0.25) is 0 Å². The second-order valence-corrected chi connectivity index (χ2v) is 10.0. The van der Waals surface area contributed by atoms with E-state index in [1.165, 1.54) is 19.4 Å². The Morgan fingerprint density at radius 2 is 1.95 bits per heavy atom. The summed E-state index contributed by atoms with van der Waals surface area (Å²) >= 11 is 0. The summed E-state index contributed by atoms with van der Waals surface area (Å²) in [4.78, 5) is 22.4. The van der Waals surface area contributed by atoms with E-state index in [1.807, 2.05) is 6.07 Å². The average molecular weight is 544 g/mol. The number of rotatable bonds is 7. The highest BCUT2D eigenvalue weighted by molar-refractivity contribution is 5.90. The number of nitrogens with one attached hydrogen (secondary N) is 2. The SMILES string of the molecule is COC(=O)c1cccc(-c2cnc(N[C@@H]3CCCC[C@H]3N(c3ccc(C(F)(F)F)nc3)[C@H]3CCCNC3)o2)c1. The predicted octanol–water partition coefficient (Wildman–Crippen LogP) is 5.52. The second-order valence-electron chi connectivity index (χ2n) is 10.0. The van der Waals surface area contributed by atoms with Crippen LogP contribution >= 0.6 is 0 Å². The lowest BCUT2D eigenvalue weighted by atomic mass is 9.87. The Morgan fingerprint density at radius 1 is 1.10 bits per heavy atom. The number of benzene rings is 1. The van der Waals surface area contributed by atoms with Gasteiger partial charge in [0.15, 0.2) is 5.76 Å². The Balaban J connectivity index is 1.39. The number of nitrogens with zero attached hydrogens (tertiary/aromatic N) is 3. The summed E-state index contributed by atoms with van der Waals surface area (Å²) in [5, 5.41) is 6.90. The Kier molecular flexibility index (Phi) is 8.06. The van der Waals surface area contributed by atoms with Crippen LogP contribution in [0, 0.1) is 0 Å². The van der Waals surface area contributed by atoms with Crippen LogP contribution in [0.1, 0.15) is 54.6 Å². The largest absolute Gasteiger partial charge is 0.465 e. The topological polar surface area (TPSA) is 92.5 Å². The number of alkyl halides is 3. The van der Waals surface area contributed by atoms with Gasteiger partial charge in [-0.1, -0.05) is 25.0 Å². The standard InChI is InChI=1S/C28H32F3N5O3/c1-38-26(37)19-7-4-6-18(14-19)24-17-34-27(39-24)35-22-9-2-3-10-23(22)36(20-8-5-13-32-15-20)21-11-12-25(33-16-21)28(29,30)31/h4,6-7,11-12,14,16-17,20,22-23,32H,2-3,5,8-10,13,15H2,1H3,(H,34,35)/t20-,22+,23+/m0/s1. The Morgan fingerprint density at radius 3 is 2.67 bits per heavy atom. The summed E-state index contributed by atoms with van der Waals surface area (Å²) in [5.41, 5.74) is 0.900. The summed E-state index contributed by atoms with van der Waals surface area (Å²) in [6.45, 7) is 1.68. The van der Waals surface area contributed by atoms with Crippen LogP contribution in [-0.2, 0) is 10.9 Å². The molecule has 11 heteroatoms. The van der Waals surface area contributed by atoms with E-state index in [4.69, 9.17) is 9.15 Å². The Bertz CT molecular complexity index is 1260. The highest BCUT2D eigenvalue weighted by Crippen LogP contribution is 2.35. The van der Waals surface area contributed by atoms with Crippen molar-refractivity contribution < 1.29 is 27.1 Å². The van der Waals surface area contributed by atoms with Crippen LogP contribution in [0.15, 0.2) is 53.2 Å². The molecule has 3 aromatic rings. The fourth-order valence-electron chi connectivity index (χ4n) is 5.61. The predicted molar refractivity (Wildman–Crippen MR) is 141 cm³/mol. The number of esters is 1. The lowest BCUT2D eigenvalue weighted by Gasteiger charge is -2.46. The zero-order valence-corrected chi connectivity index (χ0v) is 21.7. The number of methoxy groups -OCH3 is 1. The maximum absolute atomic E-state index is 13.2. The summed E-state index contributed by atoms with van der Waals surface area (Å²) in [6, 6.07) is 10.0. The number of aromatic nitrogens is 2. The molecule has 0 unspecified atom stereocenters. The summed E-state index contributed by atoms with van der Waals surface area (Å²) in [6.07, 6.45) is 4.19. The van der Waals surface area contributed by atoms with Crippen molar-refractivity contribution in [2.45, 2.75) is 62.8 Å². The Hall–Kier alpha value is -3.60. The van der Waals surface area contributed by atoms with E-state index in [1.54, 1.807) is 24.4 Å². The summed E-state index contributed by atoms with van der Waals surface area (Å²) in [7, 11) is 1.33. The molecule has 2 aromatic heterocycles. The first-order valence-corrected chi connectivity index (χ1v) is 13.3. The minimum absolute atomic E-state index is 0.0141. The number of hydrogen-bond acceptors (Lipinski definition) is 8. The van der Waals surface area contributed by atoms with Gasteiger partial charge in [0.2, 0.25) is 0 Å². The van der Waals surface area contributed by atoms with Gasteiger partial charge in [0.1, 0.15) is 5.69 Å². The average Bonchev–Trinajstić information content (AvgIpc) is 3.43. The van der Waals surface area contributed by atoms with Gasteiger partial charge < -0.3 is 24.7 Å². The molecule has 2 N–H and O–H groups in total. The lowest BCUT2D eigenvalue weighted by molar-refractivity contribution is -0.141. The van der Waals surface area contributed by atoms with Crippen LogP contribution in [0.3, 0.4) is 0 Å². The molecule has 0 spiro atoms. The summed E-state index contributed by atoms with van der Waals surface area (Å²) in [5.74, 6) is 0.0747. The molecule has 1 aromatic carbocycles. The molecule has 8 nitrogen and oxygen atoms in total. The third-order valence-electron chi connectivity index (χ3n) is 7.47. The molecule has 0 radical (unpaired) electrons. The maximum atomic E-state index is 13.2. The minimum Gasteiger partial charge on any atom is -0.465 e. The van der Waals surface area contributed by atoms with Gasteiger partial charge in [0.25, 0.3) is 6.01 Å². The first-order valence-electron chi connectivity index (χ1n) is 13.3. The number of halogens is 3. The van der Waals surface area contributed by atoms with E-state index in [0.717, 1.165) is 57.7 Å². The van der Waals surface area contributed by atoms with Crippen LogP contribution < -0.4 is 15.5 Å². The van der Waals surface area contributed by atoms with Crippen LogP contribution in [0.25, 0.3) is 11.3 Å². The molecule has 1 aliphatic heterocycles. The maximum Gasteiger partial charge on any atom is 0.433 e. The highest BCUT2D eigenvalue weighted by atomic mass is 19.4. The van der Waals surface area contributed by atoms with Gasteiger partial charge in [0.05, 0.1) is 36.8 Å². The normalized spacial score (nSPS) is 21.8.